The van der Waals surface area contributed by atoms with Crippen molar-refractivity contribution in [3.8, 4) is 17.2 Å². The molecule has 0 saturated heterocycles. The number of primary amides is 1. The second-order valence-corrected chi connectivity index (χ2v) is 7.22. The zero-order chi connectivity index (χ0) is 22.8. The van der Waals surface area contributed by atoms with Gasteiger partial charge in [0.05, 0.1) is 5.56 Å². The number of aryl methyl sites for hydroxylation is 1. The molecule has 164 valence electrons. The van der Waals surface area contributed by atoms with E-state index in [1.165, 1.54) is 24.3 Å². The highest BCUT2D eigenvalue weighted by Crippen LogP contribution is 2.35. The van der Waals surface area contributed by atoms with Gasteiger partial charge < -0.3 is 29.8 Å². The fourth-order valence-corrected chi connectivity index (χ4v) is 3.59. The number of fused-ring (bicyclic) bond motifs is 1. The number of esters is 1. The Balaban J connectivity index is 1.45. The van der Waals surface area contributed by atoms with Crippen molar-refractivity contribution in [3.05, 3.63) is 71.0 Å². The van der Waals surface area contributed by atoms with Gasteiger partial charge in [-0.3, -0.25) is 4.79 Å². The lowest BCUT2D eigenvalue weighted by Gasteiger charge is -2.11. The number of nitrogens with two attached hydrogens (primary N) is 1. The molecule has 0 unspecified atom stereocenters. The number of Topliss-reactive ketones (excluding diaryl/α,β-unsaturated/α-hetero) is 1. The number of urea groups is 1. The number of nitrogens with one attached hydrogen (secondary N) is 1. The number of ether oxygens (including phenoxy) is 3. The number of hydrogen-bond acceptors (Lipinski definition) is 6. The molecule has 1 aromatic heterocycles. The molecule has 9 nitrogen and oxygen atoms in total. The van der Waals surface area contributed by atoms with E-state index in [0.717, 1.165) is 17.1 Å². The third-order valence-corrected chi connectivity index (χ3v) is 5.07. The van der Waals surface area contributed by atoms with Crippen LogP contribution in [0.5, 0.6) is 11.5 Å². The molecule has 0 spiro atoms. The van der Waals surface area contributed by atoms with Crippen LogP contribution in [0.3, 0.4) is 0 Å². The van der Waals surface area contributed by atoms with Crippen molar-refractivity contribution in [2.75, 3.05) is 18.7 Å². The Morgan fingerprint density at radius 2 is 1.75 bits per heavy atom. The topological polar surface area (TPSA) is 122 Å². The molecule has 1 aliphatic rings. The van der Waals surface area contributed by atoms with E-state index in [1.807, 2.05) is 36.6 Å². The summed E-state index contributed by atoms with van der Waals surface area (Å²) in [5.41, 5.74) is 8.63. The van der Waals surface area contributed by atoms with Crippen LogP contribution in [0.4, 0.5) is 10.5 Å². The van der Waals surface area contributed by atoms with E-state index in [4.69, 9.17) is 19.9 Å². The Bertz CT molecular complexity index is 1210. The summed E-state index contributed by atoms with van der Waals surface area (Å²) in [5, 5.41) is 2.40. The van der Waals surface area contributed by atoms with Crippen LogP contribution >= 0.6 is 0 Å². The molecule has 2 aromatic carbocycles. The van der Waals surface area contributed by atoms with Crippen molar-refractivity contribution >= 4 is 23.5 Å². The van der Waals surface area contributed by atoms with Gasteiger partial charge in [0.25, 0.3) is 0 Å². The van der Waals surface area contributed by atoms with Gasteiger partial charge >= 0.3 is 12.0 Å². The molecule has 0 fully saturated rings. The summed E-state index contributed by atoms with van der Waals surface area (Å²) in [7, 11) is 0. The van der Waals surface area contributed by atoms with Crippen LogP contribution in [-0.2, 0) is 4.74 Å². The van der Waals surface area contributed by atoms with Crippen molar-refractivity contribution in [1.29, 1.82) is 0 Å². The maximum Gasteiger partial charge on any atom is 0.338 e. The van der Waals surface area contributed by atoms with Gasteiger partial charge in [0, 0.05) is 34.4 Å². The second-order valence-electron chi connectivity index (χ2n) is 7.22. The van der Waals surface area contributed by atoms with E-state index in [9.17, 15) is 14.4 Å². The Labute approximate surface area is 183 Å². The minimum atomic E-state index is -0.704. The van der Waals surface area contributed by atoms with Crippen LogP contribution in [0.2, 0.25) is 0 Å². The fraction of sp³-hybridized carbons (Fsp3) is 0.174. The van der Waals surface area contributed by atoms with Crippen molar-refractivity contribution in [1.82, 2.24) is 4.57 Å². The largest absolute Gasteiger partial charge is 0.454 e. The zero-order valence-corrected chi connectivity index (χ0v) is 17.5. The normalized spacial score (nSPS) is 11.8. The maximum absolute atomic E-state index is 12.8. The molecule has 4 rings (SSSR count). The molecule has 0 bridgehead atoms. The van der Waals surface area contributed by atoms with Crippen LogP contribution in [-0.4, -0.2) is 35.8 Å². The van der Waals surface area contributed by atoms with E-state index in [1.54, 1.807) is 6.07 Å². The summed E-state index contributed by atoms with van der Waals surface area (Å²) < 4.78 is 17.9. The first-order valence-corrected chi connectivity index (χ1v) is 9.79. The molecule has 9 heteroatoms. The standard InChI is InChI=1S/C23H21N3O6/c1-13-9-18(14(2)26(13)17-7-8-20-21(10-17)32-12-31-20)19(27)11-30-22(28)15-3-5-16(6-4-15)25-23(24)29/h3-10H,11-12H2,1-2H3,(H3,24,25,29). The van der Waals surface area contributed by atoms with Gasteiger partial charge in [-0.25, -0.2) is 9.59 Å². The monoisotopic (exact) mass is 435 g/mol. The Morgan fingerprint density at radius 3 is 2.47 bits per heavy atom. The summed E-state index contributed by atoms with van der Waals surface area (Å²) >= 11 is 0. The molecule has 0 atom stereocenters. The first kappa shape index (κ1) is 21.0. The number of amides is 2. The number of nitrogens with zero attached hydrogens (tertiary/aromatic N) is 1. The minimum Gasteiger partial charge on any atom is -0.454 e. The summed E-state index contributed by atoms with van der Waals surface area (Å²) in [6.45, 7) is 3.51. The smallest absolute Gasteiger partial charge is 0.338 e. The molecule has 32 heavy (non-hydrogen) atoms. The predicted octanol–water partition coefficient (Wildman–Crippen LogP) is 3.35. The quantitative estimate of drug-likeness (QED) is 0.452. The number of benzene rings is 2. The molecule has 3 N–H and O–H groups in total. The number of ketones is 1. The fourth-order valence-electron chi connectivity index (χ4n) is 3.59. The molecular weight excluding hydrogens is 414 g/mol. The highest BCUT2D eigenvalue weighted by Gasteiger charge is 2.20. The highest BCUT2D eigenvalue weighted by atomic mass is 16.7. The Kier molecular flexibility index (Phi) is 5.55. The Morgan fingerprint density at radius 1 is 1.03 bits per heavy atom. The molecular formula is C23H21N3O6. The van der Waals surface area contributed by atoms with Crippen LogP contribution in [0.25, 0.3) is 5.69 Å². The second kappa shape index (κ2) is 8.46. The first-order chi connectivity index (χ1) is 15.3. The SMILES string of the molecule is Cc1cc(C(=O)COC(=O)c2ccc(NC(N)=O)cc2)c(C)n1-c1ccc2c(c1)OCO2. The maximum atomic E-state index is 12.8. The van der Waals surface area contributed by atoms with Crippen LogP contribution in [0.1, 0.15) is 32.1 Å². The van der Waals surface area contributed by atoms with Crippen LogP contribution < -0.4 is 20.5 Å². The lowest BCUT2D eigenvalue weighted by molar-refractivity contribution is 0.0474. The third kappa shape index (κ3) is 4.13. The first-order valence-electron chi connectivity index (χ1n) is 9.79. The number of rotatable bonds is 6. The van der Waals surface area contributed by atoms with E-state index in [-0.39, 0.29) is 18.1 Å². The van der Waals surface area contributed by atoms with E-state index in [0.29, 0.717) is 22.7 Å². The van der Waals surface area contributed by atoms with Gasteiger partial charge in [-0.1, -0.05) is 0 Å². The van der Waals surface area contributed by atoms with Crippen LogP contribution in [0.15, 0.2) is 48.5 Å². The van der Waals surface area contributed by atoms with E-state index < -0.39 is 18.6 Å². The van der Waals surface area contributed by atoms with Gasteiger partial charge in [-0.05, 0) is 56.3 Å². The van der Waals surface area contributed by atoms with E-state index in [2.05, 4.69) is 5.32 Å². The number of aromatic nitrogens is 1. The van der Waals surface area contributed by atoms with Crippen LogP contribution in [0, 0.1) is 13.8 Å². The molecule has 1 aliphatic heterocycles. The predicted molar refractivity (Wildman–Crippen MR) is 116 cm³/mol. The lowest BCUT2D eigenvalue weighted by atomic mass is 10.1. The average Bonchev–Trinajstić information content (AvgIpc) is 3.35. The molecule has 0 saturated carbocycles. The average molecular weight is 435 g/mol. The molecule has 3 aromatic rings. The number of anilines is 1. The highest BCUT2D eigenvalue weighted by molar-refractivity contribution is 6.00. The van der Waals surface area contributed by atoms with Gasteiger partial charge in [0.15, 0.2) is 18.1 Å². The van der Waals surface area contributed by atoms with Gasteiger partial charge in [0.1, 0.15) is 0 Å². The minimum absolute atomic E-state index is 0.182. The number of carbonyl (C=O) groups is 3. The van der Waals surface area contributed by atoms with Gasteiger partial charge in [-0.15, -0.1) is 0 Å². The molecule has 2 amide bonds. The molecule has 2 heterocycles. The third-order valence-electron chi connectivity index (χ3n) is 5.07. The van der Waals surface area contributed by atoms with Crippen molar-refractivity contribution in [3.63, 3.8) is 0 Å². The van der Waals surface area contributed by atoms with Crippen molar-refractivity contribution < 1.29 is 28.6 Å². The van der Waals surface area contributed by atoms with Crippen molar-refractivity contribution in [2.45, 2.75) is 13.8 Å². The van der Waals surface area contributed by atoms with Crippen molar-refractivity contribution in [2.24, 2.45) is 5.73 Å². The summed E-state index contributed by atoms with van der Waals surface area (Å²) in [4.78, 5) is 35.9. The molecule has 0 radical (unpaired) electrons. The summed E-state index contributed by atoms with van der Waals surface area (Å²) in [6, 6.07) is 12.6. The molecule has 0 aliphatic carbocycles. The van der Waals surface area contributed by atoms with Gasteiger partial charge in [-0.2, -0.15) is 0 Å². The zero-order valence-electron chi connectivity index (χ0n) is 17.5. The summed E-state index contributed by atoms with van der Waals surface area (Å²) in [5.74, 6) is 0.366. The Hall–Kier alpha value is -4.27. The van der Waals surface area contributed by atoms with Gasteiger partial charge in [0.2, 0.25) is 12.6 Å². The lowest BCUT2D eigenvalue weighted by Crippen LogP contribution is -2.19. The number of carbonyl (C=O) groups excluding carboxylic acids is 3. The van der Waals surface area contributed by atoms with E-state index >= 15 is 0 Å². The number of hydrogen-bond donors (Lipinski definition) is 2. The summed E-state index contributed by atoms with van der Waals surface area (Å²) in [6.07, 6.45) is 0.